The van der Waals surface area contributed by atoms with Gasteiger partial charge in [-0.3, -0.25) is 15.5 Å². The van der Waals surface area contributed by atoms with Gasteiger partial charge in [-0.2, -0.15) is 9.41 Å². The zero-order valence-electron chi connectivity index (χ0n) is 16.0. The van der Waals surface area contributed by atoms with Crippen molar-refractivity contribution in [3.8, 4) is 0 Å². The second-order valence-corrected chi connectivity index (χ2v) is 8.77. The fraction of sp³-hybridized carbons (Fsp3) is 0.389. The summed E-state index contributed by atoms with van der Waals surface area (Å²) in [5, 5.41) is 15.8. The Morgan fingerprint density at radius 2 is 1.96 bits per heavy atom. The van der Waals surface area contributed by atoms with E-state index < -0.39 is 14.9 Å². The first-order valence-corrected chi connectivity index (χ1v) is 10.4. The highest BCUT2D eigenvalue weighted by molar-refractivity contribution is 7.89. The quantitative estimate of drug-likeness (QED) is 0.434. The zero-order valence-corrected chi connectivity index (χ0v) is 16.8. The van der Waals surface area contributed by atoms with Crippen molar-refractivity contribution < 1.29 is 13.3 Å². The maximum absolute atomic E-state index is 12.7. The van der Waals surface area contributed by atoms with Crippen LogP contribution < -0.4 is 5.43 Å². The van der Waals surface area contributed by atoms with Crippen LogP contribution in [-0.2, 0) is 10.0 Å². The molecule has 0 aliphatic carbocycles. The molecule has 0 unspecified atom stereocenters. The fourth-order valence-corrected chi connectivity index (χ4v) is 4.95. The van der Waals surface area contributed by atoms with E-state index in [1.807, 2.05) is 20.0 Å². The van der Waals surface area contributed by atoms with Gasteiger partial charge in [0.25, 0.3) is 5.69 Å². The van der Waals surface area contributed by atoms with Gasteiger partial charge in [0.05, 0.1) is 15.5 Å². The number of nitrogens with one attached hydrogen (secondary N) is 2. The van der Waals surface area contributed by atoms with Crippen molar-refractivity contribution in [3.05, 3.63) is 51.3 Å². The van der Waals surface area contributed by atoms with E-state index in [0.29, 0.717) is 18.8 Å². The Balaban J connectivity index is 1.92. The van der Waals surface area contributed by atoms with Crippen LogP contribution in [0.4, 0.5) is 11.4 Å². The molecule has 0 radical (unpaired) electrons. The Hall–Kier alpha value is -2.72. The Morgan fingerprint density at radius 3 is 2.54 bits per heavy atom. The molecule has 0 atom stereocenters. The average molecular weight is 405 g/mol. The van der Waals surface area contributed by atoms with Crippen molar-refractivity contribution in [3.63, 3.8) is 0 Å². The Morgan fingerprint density at radius 1 is 1.29 bits per heavy atom. The second-order valence-electron chi connectivity index (χ2n) is 6.83. The van der Waals surface area contributed by atoms with Crippen LogP contribution in [0, 0.1) is 24.0 Å². The summed E-state index contributed by atoms with van der Waals surface area (Å²) in [6.45, 7) is 6.54. The van der Waals surface area contributed by atoms with Crippen LogP contribution in [0.3, 0.4) is 0 Å². The normalized spacial score (nSPS) is 15.8. The molecule has 1 aromatic carbocycles. The van der Waals surface area contributed by atoms with Crippen molar-refractivity contribution >= 4 is 27.1 Å². The van der Waals surface area contributed by atoms with Crippen molar-refractivity contribution in [2.24, 2.45) is 5.10 Å². The molecule has 1 aromatic heterocycles. The Bertz CT molecular complexity index is 1020. The highest BCUT2D eigenvalue weighted by Gasteiger charge is 2.29. The minimum atomic E-state index is -3.73. The van der Waals surface area contributed by atoms with E-state index in [1.54, 1.807) is 6.92 Å². The van der Waals surface area contributed by atoms with E-state index >= 15 is 0 Å². The van der Waals surface area contributed by atoms with Gasteiger partial charge in [-0.1, -0.05) is 0 Å². The number of hydrogen-bond donors (Lipinski definition) is 2. The van der Waals surface area contributed by atoms with Gasteiger partial charge in [0.15, 0.2) is 0 Å². The molecule has 10 heteroatoms. The number of hydrazone groups is 1. The number of aromatic amines is 1. The number of benzene rings is 1. The zero-order chi connectivity index (χ0) is 20.5. The largest absolute Gasteiger partial charge is 0.364 e. The van der Waals surface area contributed by atoms with Crippen molar-refractivity contribution in [1.29, 1.82) is 0 Å². The lowest BCUT2D eigenvalue weighted by atomic mass is 10.1. The summed E-state index contributed by atoms with van der Waals surface area (Å²) in [7, 11) is -3.73. The molecule has 1 aliphatic rings. The summed E-state index contributed by atoms with van der Waals surface area (Å²) in [5.41, 5.74) is 6.07. The number of anilines is 1. The first-order chi connectivity index (χ1) is 13.2. The number of rotatable bonds is 6. The van der Waals surface area contributed by atoms with E-state index in [4.69, 9.17) is 0 Å². The third-order valence-electron chi connectivity index (χ3n) is 4.85. The van der Waals surface area contributed by atoms with Crippen LogP contribution in [0.2, 0.25) is 0 Å². The molecule has 150 valence electrons. The molecule has 2 heterocycles. The molecule has 2 N–H and O–H groups in total. The van der Waals surface area contributed by atoms with E-state index in [-0.39, 0.29) is 16.3 Å². The second kappa shape index (κ2) is 7.72. The summed E-state index contributed by atoms with van der Waals surface area (Å²) < 4.78 is 26.7. The minimum Gasteiger partial charge on any atom is -0.364 e. The van der Waals surface area contributed by atoms with Crippen LogP contribution >= 0.6 is 0 Å². The van der Waals surface area contributed by atoms with Crippen molar-refractivity contribution in [1.82, 2.24) is 9.29 Å². The molecule has 1 saturated heterocycles. The predicted octanol–water partition coefficient (Wildman–Crippen LogP) is 3.16. The third-order valence-corrected chi connectivity index (χ3v) is 6.74. The SMILES string of the molecule is C/C(=N\Nc1ccc(S(=O)(=O)N2CCCC2)cc1[N+](=O)[O-])c1c(C)c[nH]c1C. The van der Waals surface area contributed by atoms with Gasteiger partial charge in [-0.15, -0.1) is 0 Å². The summed E-state index contributed by atoms with van der Waals surface area (Å²) in [6, 6.07) is 3.85. The number of sulfonamides is 1. The molecular formula is C18H23N5O4S. The number of nitro benzene ring substituents is 1. The molecule has 0 amide bonds. The molecular weight excluding hydrogens is 382 g/mol. The lowest BCUT2D eigenvalue weighted by Crippen LogP contribution is -2.27. The molecule has 3 rings (SSSR count). The maximum Gasteiger partial charge on any atom is 0.295 e. The highest BCUT2D eigenvalue weighted by Crippen LogP contribution is 2.30. The number of aryl methyl sites for hydroxylation is 2. The van der Waals surface area contributed by atoms with Gasteiger partial charge in [-0.05, 0) is 51.3 Å². The first kappa shape index (κ1) is 20.0. The van der Waals surface area contributed by atoms with Gasteiger partial charge in [-0.25, -0.2) is 8.42 Å². The van der Waals surface area contributed by atoms with Crippen LogP contribution in [0.25, 0.3) is 0 Å². The summed E-state index contributed by atoms with van der Waals surface area (Å²) in [4.78, 5) is 13.9. The van der Waals surface area contributed by atoms with Gasteiger partial charge in [0.2, 0.25) is 10.0 Å². The average Bonchev–Trinajstić information content (AvgIpc) is 3.30. The molecule has 28 heavy (non-hydrogen) atoms. The summed E-state index contributed by atoms with van der Waals surface area (Å²) in [6.07, 6.45) is 3.46. The number of nitrogens with zero attached hydrogens (tertiary/aromatic N) is 3. The lowest BCUT2D eigenvalue weighted by Gasteiger charge is -2.15. The number of nitro groups is 1. The van der Waals surface area contributed by atoms with Crippen LogP contribution in [-0.4, -0.2) is 41.4 Å². The van der Waals surface area contributed by atoms with Crippen molar-refractivity contribution in [2.45, 2.75) is 38.5 Å². The van der Waals surface area contributed by atoms with Crippen LogP contribution in [0.5, 0.6) is 0 Å². The molecule has 2 aromatic rings. The van der Waals surface area contributed by atoms with Crippen LogP contribution in [0.1, 0.15) is 36.6 Å². The van der Waals surface area contributed by atoms with E-state index in [1.165, 1.54) is 16.4 Å². The standard InChI is InChI=1S/C18H23N5O4S/c1-12-11-19-13(2)18(12)14(3)20-21-16-7-6-15(10-17(16)23(24)25)28(26,27)22-8-4-5-9-22/h6-7,10-11,19,21H,4-5,8-9H2,1-3H3/b20-14+. The molecule has 1 fully saturated rings. The van der Waals surface area contributed by atoms with Gasteiger partial charge in [0, 0.05) is 36.6 Å². The van der Waals surface area contributed by atoms with Gasteiger partial charge < -0.3 is 4.98 Å². The summed E-state index contributed by atoms with van der Waals surface area (Å²) >= 11 is 0. The minimum absolute atomic E-state index is 0.0790. The van der Waals surface area contributed by atoms with Crippen molar-refractivity contribution in [2.75, 3.05) is 18.5 Å². The van der Waals surface area contributed by atoms with E-state index in [0.717, 1.165) is 35.7 Å². The third kappa shape index (κ3) is 3.78. The number of aromatic nitrogens is 1. The number of hydrogen-bond acceptors (Lipinski definition) is 6. The molecule has 1 aliphatic heterocycles. The highest BCUT2D eigenvalue weighted by atomic mass is 32.2. The number of H-pyrrole nitrogens is 1. The van der Waals surface area contributed by atoms with Gasteiger partial charge >= 0.3 is 0 Å². The van der Waals surface area contributed by atoms with E-state index in [2.05, 4.69) is 15.5 Å². The monoisotopic (exact) mass is 405 g/mol. The molecule has 0 spiro atoms. The van der Waals surface area contributed by atoms with Crippen LogP contribution in [0.15, 0.2) is 34.4 Å². The summed E-state index contributed by atoms with van der Waals surface area (Å²) in [5.74, 6) is 0. The smallest absolute Gasteiger partial charge is 0.295 e. The first-order valence-electron chi connectivity index (χ1n) is 8.95. The maximum atomic E-state index is 12.7. The molecule has 0 bridgehead atoms. The topological polar surface area (TPSA) is 121 Å². The predicted molar refractivity (Wildman–Crippen MR) is 107 cm³/mol. The fourth-order valence-electron chi connectivity index (χ4n) is 3.41. The Kier molecular flexibility index (Phi) is 5.52. The lowest BCUT2D eigenvalue weighted by molar-refractivity contribution is -0.384. The Labute approximate surface area is 163 Å². The molecule has 0 saturated carbocycles. The molecule has 9 nitrogen and oxygen atoms in total. The van der Waals surface area contributed by atoms with Gasteiger partial charge in [0.1, 0.15) is 5.69 Å². The van der Waals surface area contributed by atoms with E-state index in [9.17, 15) is 18.5 Å².